The monoisotopic (exact) mass is 385 g/mol. The standard InChI is InChI=1S/C14H17Br2N3/c1-10(2)8-17-9-12-5-6-19(18-12)14-4-3-11(15)7-13(14)16/h3-7,10,17H,8-9H2,1-2H3. The molecule has 0 aliphatic heterocycles. The third-order valence-corrected chi connectivity index (χ3v) is 3.79. The molecule has 0 unspecified atom stereocenters. The zero-order chi connectivity index (χ0) is 13.8. The third-order valence-electron chi connectivity index (χ3n) is 2.66. The Morgan fingerprint density at radius 1 is 1.26 bits per heavy atom. The molecule has 0 amide bonds. The second-order valence-electron chi connectivity index (χ2n) is 4.87. The van der Waals surface area contributed by atoms with Gasteiger partial charge in [0.05, 0.1) is 11.4 Å². The summed E-state index contributed by atoms with van der Waals surface area (Å²) in [5.74, 6) is 0.655. The van der Waals surface area contributed by atoms with Crippen LogP contribution in [0.5, 0.6) is 0 Å². The van der Waals surface area contributed by atoms with Gasteiger partial charge >= 0.3 is 0 Å². The van der Waals surface area contributed by atoms with E-state index in [1.807, 2.05) is 35.1 Å². The first kappa shape index (κ1) is 14.8. The van der Waals surface area contributed by atoms with Gasteiger partial charge in [-0.05, 0) is 52.7 Å². The summed E-state index contributed by atoms with van der Waals surface area (Å²) in [6, 6.07) is 8.11. The first-order valence-corrected chi connectivity index (χ1v) is 7.85. The van der Waals surface area contributed by atoms with E-state index in [0.717, 1.165) is 33.4 Å². The number of rotatable bonds is 5. The third kappa shape index (κ3) is 4.16. The van der Waals surface area contributed by atoms with Crippen LogP contribution in [-0.2, 0) is 6.54 Å². The first-order chi connectivity index (χ1) is 9.06. The van der Waals surface area contributed by atoms with Crippen LogP contribution < -0.4 is 5.32 Å². The van der Waals surface area contributed by atoms with Gasteiger partial charge in [0.15, 0.2) is 0 Å². The van der Waals surface area contributed by atoms with Crippen LogP contribution in [0, 0.1) is 5.92 Å². The summed E-state index contributed by atoms with van der Waals surface area (Å²) in [5.41, 5.74) is 2.09. The molecule has 0 atom stereocenters. The molecule has 5 heteroatoms. The fourth-order valence-electron chi connectivity index (χ4n) is 1.75. The van der Waals surface area contributed by atoms with E-state index in [9.17, 15) is 0 Å². The van der Waals surface area contributed by atoms with Crippen LogP contribution in [0.1, 0.15) is 19.5 Å². The van der Waals surface area contributed by atoms with Crippen LogP contribution in [0.4, 0.5) is 0 Å². The van der Waals surface area contributed by atoms with Crippen molar-refractivity contribution in [2.45, 2.75) is 20.4 Å². The molecule has 19 heavy (non-hydrogen) atoms. The minimum Gasteiger partial charge on any atom is -0.311 e. The molecule has 0 aliphatic rings. The van der Waals surface area contributed by atoms with E-state index in [4.69, 9.17) is 0 Å². The van der Waals surface area contributed by atoms with Crippen molar-refractivity contribution in [2.24, 2.45) is 5.92 Å². The summed E-state index contributed by atoms with van der Waals surface area (Å²) in [4.78, 5) is 0. The zero-order valence-electron chi connectivity index (χ0n) is 11.0. The molecular weight excluding hydrogens is 370 g/mol. The van der Waals surface area contributed by atoms with Crippen LogP contribution >= 0.6 is 31.9 Å². The minimum absolute atomic E-state index is 0.655. The van der Waals surface area contributed by atoms with Crippen molar-refractivity contribution in [1.82, 2.24) is 15.1 Å². The smallest absolute Gasteiger partial charge is 0.0788 e. The van der Waals surface area contributed by atoms with Gasteiger partial charge in [0.2, 0.25) is 0 Å². The van der Waals surface area contributed by atoms with Gasteiger partial charge in [0, 0.05) is 21.7 Å². The van der Waals surface area contributed by atoms with E-state index in [2.05, 4.69) is 56.1 Å². The maximum Gasteiger partial charge on any atom is 0.0788 e. The molecule has 102 valence electrons. The predicted octanol–water partition coefficient (Wildman–Crippen LogP) is 4.14. The lowest BCUT2D eigenvalue weighted by Crippen LogP contribution is -2.19. The van der Waals surface area contributed by atoms with Gasteiger partial charge in [-0.3, -0.25) is 0 Å². The van der Waals surface area contributed by atoms with Crippen molar-refractivity contribution in [3.8, 4) is 5.69 Å². The molecule has 1 aromatic carbocycles. The summed E-state index contributed by atoms with van der Waals surface area (Å²) in [5, 5.41) is 7.97. The number of halogens is 2. The van der Waals surface area contributed by atoms with Crippen LogP contribution in [0.3, 0.4) is 0 Å². The summed E-state index contributed by atoms with van der Waals surface area (Å²) in [7, 11) is 0. The second-order valence-corrected chi connectivity index (χ2v) is 6.64. The van der Waals surface area contributed by atoms with E-state index in [1.165, 1.54) is 0 Å². The summed E-state index contributed by atoms with van der Waals surface area (Å²) < 4.78 is 3.96. The Balaban J connectivity index is 2.08. The van der Waals surface area contributed by atoms with Gasteiger partial charge < -0.3 is 5.32 Å². The van der Waals surface area contributed by atoms with Crippen LogP contribution in [0.2, 0.25) is 0 Å². The molecule has 2 rings (SSSR count). The van der Waals surface area contributed by atoms with Gasteiger partial charge in [0.25, 0.3) is 0 Å². The van der Waals surface area contributed by atoms with Crippen molar-refractivity contribution in [3.63, 3.8) is 0 Å². The van der Waals surface area contributed by atoms with Crippen molar-refractivity contribution in [1.29, 1.82) is 0 Å². The summed E-state index contributed by atoms with van der Waals surface area (Å²) in [6.45, 7) is 6.21. The highest BCUT2D eigenvalue weighted by Crippen LogP contribution is 2.24. The molecule has 0 spiro atoms. The average molecular weight is 387 g/mol. The molecular formula is C14H17Br2N3. The lowest BCUT2D eigenvalue weighted by atomic mass is 10.2. The molecule has 1 heterocycles. The average Bonchev–Trinajstić information content (AvgIpc) is 2.77. The van der Waals surface area contributed by atoms with E-state index in [0.29, 0.717) is 5.92 Å². The molecule has 3 nitrogen and oxygen atoms in total. The zero-order valence-corrected chi connectivity index (χ0v) is 14.2. The molecule has 0 bridgehead atoms. The number of nitrogens with zero attached hydrogens (tertiary/aromatic N) is 2. The largest absolute Gasteiger partial charge is 0.311 e. The normalized spacial score (nSPS) is 11.2. The fourth-order valence-corrected chi connectivity index (χ4v) is 2.97. The van der Waals surface area contributed by atoms with E-state index < -0.39 is 0 Å². The maximum atomic E-state index is 4.58. The SMILES string of the molecule is CC(C)CNCc1ccn(-c2ccc(Br)cc2Br)n1. The summed E-state index contributed by atoms with van der Waals surface area (Å²) >= 11 is 7.01. The van der Waals surface area contributed by atoms with Gasteiger partial charge in [0.1, 0.15) is 0 Å². The predicted molar refractivity (Wildman–Crippen MR) is 85.5 cm³/mol. The Hall–Kier alpha value is -0.650. The number of benzene rings is 1. The highest BCUT2D eigenvalue weighted by molar-refractivity contribution is 9.11. The van der Waals surface area contributed by atoms with Crippen molar-refractivity contribution in [3.05, 3.63) is 45.1 Å². The topological polar surface area (TPSA) is 29.9 Å². The van der Waals surface area contributed by atoms with Gasteiger partial charge in [-0.25, -0.2) is 4.68 Å². The van der Waals surface area contributed by atoms with Crippen LogP contribution in [-0.4, -0.2) is 16.3 Å². The number of nitrogens with one attached hydrogen (secondary N) is 1. The molecule has 0 fully saturated rings. The van der Waals surface area contributed by atoms with E-state index >= 15 is 0 Å². The lowest BCUT2D eigenvalue weighted by Gasteiger charge is -2.06. The van der Waals surface area contributed by atoms with E-state index in [1.54, 1.807) is 0 Å². The molecule has 0 aliphatic carbocycles. The maximum absolute atomic E-state index is 4.58. The van der Waals surface area contributed by atoms with Crippen molar-refractivity contribution < 1.29 is 0 Å². The van der Waals surface area contributed by atoms with Crippen LogP contribution in [0.25, 0.3) is 5.69 Å². The minimum atomic E-state index is 0.655. The molecule has 0 saturated carbocycles. The number of hydrogen-bond donors (Lipinski definition) is 1. The van der Waals surface area contributed by atoms with Crippen LogP contribution in [0.15, 0.2) is 39.4 Å². The molecule has 0 radical (unpaired) electrons. The number of aromatic nitrogens is 2. The second kappa shape index (κ2) is 6.68. The Bertz CT molecular complexity index is 549. The Morgan fingerprint density at radius 3 is 2.74 bits per heavy atom. The fraction of sp³-hybridized carbons (Fsp3) is 0.357. The highest BCUT2D eigenvalue weighted by atomic mass is 79.9. The quantitative estimate of drug-likeness (QED) is 0.836. The van der Waals surface area contributed by atoms with Crippen molar-refractivity contribution in [2.75, 3.05) is 6.54 Å². The molecule has 0 saturated heterocycles. The first-order valence-electron chi connectivity index (χ1n) is 6.27. The summed E-state index contributed by atoms with van der Waals surface area (Å²) in [6.07, 6.45) is 1.99. The Labute approximate surface area is 130 Å². The highest BCUT2D eigenvalue weighted by Gasteiger charge is 2.05. The van der Waals surface area contributed by atoms with Crippen molar-refractivity contribution >= 4 is 31.9 Å². The Kier molecular flexibility index (Phi) is 5.19. The Morgan fingerprint density at radius 2 is 2.05 bits per heavy atom. The lowest BCUT2D eigenvalue weighted by molar-refractivity contribution is 0.546. The van der Waals surface area contributed by atoms with Gasteiger partial charge in [-0.1, -0.05) is 29.8 Å². The molecule has 2 aromatic rings. The van der Waals surface area contributed by atoms with E-state index in [-0.39, 0.29) is 0 Å². The molecule has 1 aromatic heterocycles. The molecule has 1 N–H and O–H groups in total. The van der Waals surface area contributed by atoms with Gasteiger partial charge in [-0.15, -0.1) is 0 Å². The van der Waals surface area contributed by atoms with Gasteiger partial charge in [-0.2, -0.15) is 5.10 Å². The number of hydrogen-bond acceptors (Lipinski definition) is 2.